The average molecular weight is 535 g/mol. The van der Waals surface area contributed by atoms with Gasteiger partial charge >= 0.3 is 0 Å². The third-order valence-corrected chi connectivity index (χ3v) is 13.0. The van der Waals surface area contributed by atoms with Gasteiger partial charge in [-0.1, -0.05) is 91.2 Å². The molecule has 0 radical (unpaired) electrons. The second kappa shape index (κ2) is 9.86. The first-order valence-corrected chi connectivity index (χ1v) is 18.4. The standard InChI is InChI=1S/C30H40N2OP2Si/c1-28(2)19-23(33)20-29(3,4)35(28)25-15-14-22(21-36(5,6)7)18-24(25)30(34,26-12-8-10-16-31-26)27-13-9-11-17-32-27/h8-18H,19-21,34H2,1-7H3. The van der Waals surface area contributed by atoms with E-state index in [1.54, 1.807) is 0 Å². The van der Waals surface area contributed by atoms with Gasteiger partial charge in [-0.3, -0.25) is 14.8 Å². The summed E-state index contributed by atoms with van der Waals surface area (Å²) in [7, 11) is 1.16. The molecule has 0 bridgehead atoms. The van der Waals surface area contributed by atoms with E-state index in [0.717, 1.165) is 17.4 Å². The molecule has 1 aliphatic heterocycles. The smallest absolute Gasteiger partial charge is 0.134 e. The fraction of sp³-hybridized carbons (Fsp3) is 0.433. The number of pyridine rings is 2. The predicted octanol–water partition coefficient (Wildman–Crippen LogP) is 7.09. The Morgan fingerprint density at radius 2 is 1.42 bits per heavy atom. The number of hydrogen-bond donors (Lipinski definition) is 0. The molecule has 3 nitrogen and oxygen atoms in total. The molecule has 190 valence electrons. The van der Waals surface area contributed by atoms with Crippen molar-refractivity contribution in [3.05, 3.63) is 89.5 Å². The minimum Gasteiger partial charge on any atom is -0.300 e. The highest BCUT2D eigenvalue weighted by atomic mass is 31.1. The summed E-state index contributed by atoms with van der Waals surface area (Å²) < 4.78 is 0. The first kappa shape index (κ1) is 27.3. The zero-order valence-electron chi connectivity index (χ0n) is 22.8. The third kappa shape index (κ3) is 5.42. The van der Waals surface area contributed by atoms with Crippen LogP contribution in [0.5, 0.6) is 0 Å². The van der Waals surface area contributed by atoms with Gasteiger partial charge in [-0.05, 0) is 51.5 Å². The zero-order valence-corrected chi connectivity index (χ0v) is 25.8. The van der Waals surface area contributed by atoms with Crippen molar-refractivity contribution in [3.8, 4) is 0 Å². The molecule has 1 aliphatic rings. The van der Waals surface area contributed by atoms with E-state index >= 15 is 0 Å². The first-order valence-electron chi connectivity index (χ1n) is 12.8. The normalized spacial score (nSPS) is 18.3. The van der Waals surface area contributed by atoms with Crippen LogP contribution in [-0.4, -0.2) is 34.1 Å². The number of carbonyl (C=O) groups is 1. The molecule has 1 saturated heterocycles. The second-order valence-corrected chi connectivity index (χ2v) is 22.6. The Morgan fingerprint density at radius 1 is 0.889 bits per heavy atom. The summed E-state index contributed by atoms with van der Waals surface area (Å²) in [5.41, 5.74) is 4.59. The third-order valence-electron chi connectivity index (χ3n) is 7.07. The Hall–Kier alpha value is -1.73. The van der Waals surface area contributed by atoms with Crippen LogP contribution >= 0.6 is 17.2 Å². The van der Waals surface area contributed by atoms with Crippen LogP contribution in [0.15, 0.2) is 67.0 Å². The van der Waals surface area contributed by atoms with Gasteiger partial charge in [0.25, 0.3) is 0 Å². The molecular weight excluding hydrogens is 494 g/mol. The number of ketones is 1. The summed E-state index contributed by atoms with van der Waals surface area (Å²) >= 11 is 0. The molecule has 36 heavy (non-hydrogen) atoms. The summed E-state index contributed by atoms with van der Waals surface area (Å²) in [6, 6.07) is 20.6. The lowest BCUT2D eigenvalue weighted by Crippen LogP contribution is -2.45. The van der Waals surface area contributed by atoms with E-state index in [2.05, 4.69) is 99.0 Å². The second-order valence-electron chi connectivity index (χ2n) is 12.7. The van der Waals surface area contributed by atoms with E-state index in [9.17, 15) is 4.79 Å². The molecule has 1 fully saturated rings. The van der Waals surface area contributed by atoms with Crippen molar-refractivity contribution in [1.29, 1.82) is 0 Å². The molecule has 3 aromatic rings. The quantitative estimate of drug-likeness (QED) is 0.250. The lowest BCUT2D eigenvalue weighted by atomic mass is 9.89. The van der Waals surface area contributed by atoms with Crippen LogP contribution in [0.25, 0.3) is 0 Å². The summed E-state index contributed by atoms with van der Waals surface area (Å²) in [4.78, 5) is 22.6. The molecule has 0 N–H and O–H groups in total. The van der Waals surface area contributed by atoms with E-state index in [1.165, 1.54) is 16.4 Å². The highest BCUT2D eigenvalue weighted by molar-refractivity contribution is 7.69. The van der Waals surface area contributed by atoms with Crippen LogP contribution < -0.4 is 5.30 Å². The van der Waals surface area contributed by atoms with Crippen molar-refractivity contribution in [2.24, 2.45) is 0 Å². The van der Waals surface area contributed by atoms with Crippen molar-refractivity contribution < 1.29 is 4.79 Å². The predicted molar refractivity (Wildman–Crippen MR) is 161 cm³/mol. The highest BCUT2D eigenvalue weighted by Gasteiger charge is 2.50. The monoisotopic (exact) mass is 534 g/mol. The summed E-state index contributed by atoms with van der Waals surface area (Å²) in [5, 5.41) is 0.591. The van der Waals surface area contributed by atoms with Crippen molar-refractivity contribution >= 4 is 36.3 Å². The number of benzene rings is 1. The summed E-state index contributed by atoms with van der Waals surface area (Å²) in [6.07, 6.45) is 5.02. The first-order chi connectivity index (χ1) is 16.7. The SMILES string of the molecule is CC1(C)CC(=O)CC(C)(C)P1c1ccc(C[Si](C)(C)C)cc1C(P)(c1ccccn1)c1ccccn1. The summed E-state index contributed by atoms with van der Waals surface area (Å²) in [6.45, 7) is 16.5. The molecule has 2 aromatic heterocycles. The van der Waals surface area contributed by atoms with E-state index in [4.69, 9.17) is 9.97 Å². The number of rotatable bonds is 6. The molecule has 3 heterocycles. The van der Waals surface area contributed by atoms with Gasteiger partial charge in [-0.15, -0.1) is 9.24 Å². The van der Waals surface area contributed by atoms with Gasteiger partial charge in [-0.2, -0.15) is 0 Å². The molecule has 1 atom stereocenters. The topological polar surface area (TPSA) is 42.9 Å². The highest BCUT2D eigenvalue weighted by Crippen LogP contribution is 2.65. The van der Waals surface area contributed by atoms with Gasteiger partial charge in [-0.25, -0.2) is 0 Å². The zero-order chi connectivity index (χ0) is 26.4. The largest absolute Gasteiger partial charge is 0.300 e. The fourth-order valence-electron chi connectivity index (χ4n) is 6.07. The molecule has 0 saturated carbocycles. The van der Waals surface area contributed by atoms with Gasteiger partial charge in [0.05, 0.1) is 16.5 Å². The van der Waals surface area contributed by atoms with Gasteiger partial charge in [0.2, 0.25) is 0 Å². The van der Waals surface area contributed by atoms with Crippen LogP contribution in [0, 0.1) is 0 Å². The van der Waals surface area contributed by atoms with Crippen molar-refractivity contribution in [1.82, 2.24) is 9.97 Å². The molecule has 0 aliphatic carbocycles. The minimum atomic E-state index is -1.34. The van der Waals surface area contributed by atoms with Crippen LogP contribution in [0.1, 0.15) is 63.1 Å². The van der Waals surface area contributed by atoms with Crippen LogP contribution in [-0.2, 0) is 16.0 Å². The maximum atomic E-state index is 12.8. The Morgan fingerprint density at radius 3 is 1.86 bits per heavy atom. The fourth-order valence-corrected chi connectivity index (χ4v) is 12.5. The van der Waals surface area contributed by atoms with E-state index in [1.807, 2.05) is 24.5 Å². The van der Waals surface area contributed by atoms with Gasteiger partial charge in [0.15, 0.2) is 0 Å². The maximum absolute atomic E-state index is 12.8. The number of carbonyl (C=O) groups excluding carboxylic acids is 1. The Balaban J connectivity index is 2.05. The van der Waals surface area contributed by atoms with E-state index < -0.39 is 21.2 Å². The maximum Gasteiger partial charge on any atom is 0.134 e. The molecular formula is C30H40N2OP2Si. The van der Waals surface area contributed by atoms with E-state index in [0.29, 0.717) is 18.6 Å². The lowest BCUT2D eigenvalue weighted by molar-refractivity contribution is -0.120. The molecule has 6 heteroatoms. The van der Waals surface area contributed by atoms with Crippen molar-refractivity contribution in [2.45, 2.75) is 81.7 Å². The minimum absolute atomic E-state index is 0.0942. The Bertz CT molecular complexity index is 1180. The lowest BCUT2D eigenvalue weighted by Gasteiger charge is -2.50. The number of hydrogen-bond acceptors (Lipinski definition) is 3. The number of aromatic nitrogens is 2. The molecule has 0 spiro atoms. The van der Waals surface area contributed by atoms with E-state index in [-0.39, 0.29) is 10.3 Å². The van der Waals surface area contributed by atoms with Gasteiger partial charge in [0, 0.05) is 33.3 Å². The Labute approximate surface area is 221 Å². The molecule has 4 rings (SSSR count). The van der Waals surface area contributed by atoms with Gasteiger partial charge < -0.3 is 0 Å². The van der Waals surface area contributed by atoms with Gasteiger partial charge in [0.1, 0.15) is 5.78 Å². The average Bonchev–Trinajstić information content (AvgIpc) is 2.77. The Kier molecular flexibility index (Phi) is 7.48. The van der Waals surface area contributed by atoms with Crippen LogP contribution in [0.3, 0.4) is 0 Å². The summed E-state index contributed by atoms with van der Waals surface area (Å²) in [5.74, 6) is 0.382. The van der Waals surface area contributed by atoms with Crippen LogP contribution in [0.4, 0.5) is 0 Å². The van der Waals surface area contributed by atoms with Crippen molar-refractivity contribution in [2.75, 3.05) is 0 Å². The molecule has 1 unspecified atom stereocenters. The number of nitrogens with zero attached hydrogens (tertiary/aromatic N) is 2. The van der Waals surface area contributed by atoms with Crippen molar-refractivity contribution in [3.63, 3.8) is 0 Å². The molecule has 0 amide bonds. The van der Waals surface area contributed by atoms with Crippen LogP contribution in [0.2, 0.25) is 19.6 Å². The number of Topliss-reactive ketones (excluding diaryl/α,β-unsaturated/α-hetero) is 1. The molecule has 1 aromatic carbocycles.